The van der Waals surface area contributed by atoms with E-state index in [2.05, 4.69) is 17.0 Å². The third-order valence-corrected chi connectivity index (χ3v) is 3.48. The van der Waals surface area contributed by atoms with Gasteiger partial charge >= 0.3 is 0 Å². The van der Waals surface area contributed by atoms with Gasteiger partial charge in [0.2, 0.25) is 0 Å². The summed E-state index contributed by atoms with van der Waals surface area (Å²) in [4.78, 5) is 2.06. The predicted molar refractivity (Wildman–Crippen MR) is 82.4 cm³/mol. The third kappa shape index (κ3) is 3.36. The zero-order chi connectivity index (χ0) is 14.5. The summed E-state index contributed by atoms with van der Waals surface area (Å²) in [6, 6.07) is 15.1. The maximum absolute atomic E-state index is 13.9. The van der Waals surface area contributed by atoms with Gasteiger partial charge in [-0.3, -0.25) is 0 Å². The highest BCUT2D eigenvalue weighted by Crippen LogP contribution is 2.27. The molecule has 0 aliphatic rings. The molecular weight excluding hydrogens is 251 g/mol. The summed E-state index contributed by atoms with van der Waals surface area (Å²) in [5.41, 5.74) is 8.63. The Bertz CT molecular complexity index is 552. The third-order valence-electron chi connectivity index (χ3n) is 3.48. The van der Waals surface area contributed by atoms with Crippen molar-refractivity contribution in [2.45, 2.75) is 19.4 Å². The molecule has 2 aromatic carbocycles. The number of benzene rings is 2. The Labute approximate surface area is 120 Å². The lowest BCUT2D eigenvalue weighted by Gasteiger charge is -2.24. The smallest absolute Gasteiger partial charge is 0.130 e. The van der Waals surface area contributed by atoms with Crippen molar-refractivity contribution in [3.63, 3.8) is 0 Å². The normalized spacial score (nSPS) is 12.2. The Balaban J connectivity index is 2.13. The summed E-state index contributed by atoms with van der Waals surface area (Å²) < 4.78 is 13.9. The standard InChI is InChI=1S/C17H21FN2/c1-13(19)17-15(18)9-6-10-16(17)20(2)12-11-14-7-4-3-5-8-14/h3-10,13H,11-12,19H2,1-2H3/t13-/m0/s1. The molecule has 0 heterocycles. The number of likely N-dealkylation sites (N-methyl/N-ethyl adjacent to an activating group) is 1. The molecule has 0 saturated heterocycles. The summed E-state index contributed by atoms with van der Waals surface area (Å²) in [6.45, 7) is 2.64. The van der Waals surface area contributed by atoms with Gasteiger partial charge in [0.05, 0.1) is 0 Å². The Morgan fingerprint density at radius 2 is 1.80 bits per heavy atom. The SMILES string of the molecule is C[C@H](N)c1c(F)cccc1N(C)CCc1ccccc1. The molecule has 0 aliphatic heterocycles. The maximum Gasteiger partial charge on any atom is 0.130 e. The summed E-state index contributed by atoms with van der Waals surface area (Å²) in [7, 11) is 1.98. The van der Waals surface area contributed by atoms with Crippen LogP contribution in [0.1, 0.15) is 24.1 Å². The van der Waals surface area contributed by atoms with Gasteiger partial charge in [0.25, 0.3) is 0 Å². The average Bonchev–Trinajstić information content (AvgIpc) is 2.45. The summed E-state index contributed by atoms with van der Waals surface area (Å²) in [5, 5.41) is 0. The molecule has 1 atom stereocenters. The molecule has 0 fully saturated rings. The molecule has 2 nitrogen and oxygen atoms in total. The van der Waals surface area contributed by atoms with E-state index in [9.17, 15) is 4.39 Å². The van der Waals surface area contributed by atoms with Crippen molar-refractivity contribution in [2.75, 3.05) is 18.5 Å². The van der Waals surface area contributed by atoms with Crippen molar-refractivity contribution < 1.29 is 4.39 Å². The lowest BCUT2D eigenvalue weighted by molar-refractivity contribution is 0.592. The van der Waals surface area contributed by atoms with Crippen LogP contribution in [0.5, 0.6) is 0 Å². The number of hydrogen-bond donors (Lipinski definition) is 1. The summed E-state index contributed by atoms with van der Waals surface area (Å²) in [6.07, 6.45) is 0.923. The number of halogens is 1. The molecule has 0 bridgehead atoms. The highest BCUT2D eigenvalue weighted by atomic mass is 19.1. The van der Waals surface area contributed by atoms with E-state index in [0.717, 1.165) is 18.7 Å². The molecule has 106 valence electrons. The van der Waals surface area contributed by atoms with Crippen LogP contribution in [0.15, 0.2) is 48.5 Å². The van der Waals surface area contributed by atoms with Crippen molar-refractivity contribution in [1.29, 1.82) is 0 Å². The van der Waals surface area contributed by atoms with Crippen LogP contribution < -0.4 is 10.6 Å². The predicted octanol–water partition coefficient (Wildman–Crippen LogP) is 3.52. The van der Waals surface area contributed by atoms with Gasteiger partial charge in [-0.1, -0.05) is 36.4 Å². The molecule has 20 heavy (non-hydrogen) atoms. The zero-order valence-electron chi connectivity index (χ0n) is 12.0. The minimum atomic E-state index is -0.314. The second-order valence-corrected chi connectivity index (χ2v) is 5.12. The second-order valence-electron chi connectivity index (χ2n) is 5.12. The number of nitrogens with zero attached hydrogens (tertiary/aromatic N) is 1. The molecule has 0 unspecified atom stereocenters. The lowest BCUT2D eigenvalue weighted by atomic mass is 10.0. The molecule has 0 radical (unpaired) electrons. The molecule has 2 aromatic rings. The number of rotatable bonds is 5. The molecule has 2 rings (SSSR count). The van der Waals surface area contributed by atoms with Crippen LogP contribution >= 0.6 is 0 Å². The molecule has 0 saturated carbocycles. The molecule has 0 amide bonds. The number of hydrogen-bond acceptors (Lipinski definition) is 2. The first kappa shape index (κ1) is 14.5. The zero-order valence-corrected chi connectivity index (χ0v) is 12.0. The van der Waals surface area contributed by atoms with E-state index >= 15 is 0 Å². The van der Waals surface area contributed by atoms with E-state index in [0.29, 0.717) is 5.56 Å². The fraction of sp³-hybridized carbons (Fsp3) is 0.294. The Hall–Kier alpha value is -1.87. The number of anilines is 1. The highest BCUT2D eigenvalue weighted by Gasteiger charge is 2.15. The Morgan fingerprint density at radius 1 is 1.10 bits per heavy atom. The van der Waals surface area contributed by atoms with Crippen LogP contribution in [0.2, 0.25) is 0 Å². The first-order valence-corrected chi connectivity index (χ1v) is 6.88. The van der Waals surface area contributed by atoms with Gasteiger partial charge in [-0.2, -0.15) is 0 Å². The molecule has 0 aromatic heterocycles. The quantitative estimate of drug-likeness (QED) is 0.902. The highest BCUT2D eigenvalue weighted by molar-refractivity contribution is 5.55. The van der Waals surface area contributed by atoms with Crippen LogP contribution in [-0.4, -0.2) is 13.6 Å². The lowest BCUT2D eigenvalue weighted by Crippen LogP contribution is -2.23. The molecule has 2 N–H and O–H groups in total. The minimum absolute atomic E-state index is 0.232. The van der Waals surface area contributed by atoms with E-state index in [1.807, 2.05) is 38.2 Å². The van der Waals surface area contributed by atoms with E-state index in [1.54, 1.807) is 6.07 Å². The fourth-order valence-corrected chi connectivity index (χ4v) is 2.37. The second kappa shape index (κ2) is 6.53. The van der Waals surface area contributed by atoms with Gasteiger partial charge in [0.1, 0.15) is 5.82 Å². The van der Waals surface area contributed by atoms with Crippen LogP contribution in [0.4, 0.5) is 10.1 Å². The van der Waals surface area contributed by atoms with Gasteiger partial charge in [0, 0.05) is 30.9 Å². The Kier molecular flexibility index (Phi) is 4.74. The molecule has 0 spiro atoms. The number of nitrogens with two attached hydrogens (primary N) is 1. The average molecular weight is 272 g/mol. The Morgan fingerprint density at radius 3 is 2.45 bits per heavy atom. The van der Waals surface area contributed by atoms with Crippen molar-refractivity contribution in [3.05, 3.63) is 65.5 Å². The van der Waals surface area contributed by atoms with Gasteiger partial charge in [-0.25, -0.2) is 4.39 Å². The van der Waals surface area contributed by atoms with Gasteiger partial charge in [-0.05, 0) is 31.0 Å². The fourth-order valence-electron chi connectivity index (χ4n) is 2.37. The van der Waals surface area contributed by atoms with Crippen molar-refractivity contribution in [1.82, 2.24) is 0 Å². The first-order valence-electron chi connectivity index (χ1n) is 6.88. The first-order chi connectivity index (χ1) is 9.59. The van der Waals surface area contributed by atoms with Crippen LogP contribution in [0, 0.1) is 5.82 Å². The van der Waals surface area contributed by atoms with Crippen molar-refractivity contribution in [3.8, 4) is 0 Å². The van der Waals surface area contributed by atoms with E-state index in [1.165, 1.54) is 11.6 Å². The van der Waals surface area contributed by atoms with Crippen LogP contribution in [-0.2, 0) is 6.42 Å². The van der Waals surface area contributed by atoms with E-state index in [-0.39, 0.29) is 11.9 Å². The summed E-state index contributed by atoms with van der Waals surface area (Å²) >= 11 is 0. The molecular formula is C17H21FN2. The van der Waals surface area contributed by atoms with Crippen LogP contribution in [0.3, 0.4) is 0 Å². The molecule has 3 heteroatoms. The minimum Gasteiger partial charge on any atom is -0.374 e. The largest absolute Gasteiger partial charge is 0.374 e. The van der Waals surface area contributed by atoms with Crippen molar-refractivity contribution in [2.24, 2.45) is 5.73 Å². The molecule has 0 aliphatic carbocycles. The monoisotopic (exact) mass is 272 g/mol. The van der Waals surface area contributed by atoms with Gasteiger partial charge in [-0.15, -0.1) is 0 Å². The van der Waals surface area contributed by atoms with Gasteiger partial charge < -0.3 is 10.6 Å². The maximum atomic E-state index is 13.9. The van der Waals surface area contributed by atoms with E-state index in [4.69, 9.17) is 5.73 Å². The topological polar surface area (TPSA) is 29.3 Å². The van der Waals surface area contributed by atoms with Crippen LogP contribution in [0.25, 0.3) is 0 Å². The van der Waals surface area contributed by atoms with Gasteiger partial charge in [0.15, 0.2) is 0 Å². The summed E-state index contributed by atoms with van der Waals surface area (Å²) in [5.74, 6) is -0.232. The van der Waals surface area contributed by atoms with Crippen molar-refractivity contribution >= 4 is 5.69 Å². The van der Waals surface area contributed by atoms with E-state index < -0.39 is 0 Å².